The van der Waals surface area contributed by atoms with E-state index in [0.29, 0.717) is 37.2 Å². The molecule has 0 fully saturated rings. The summed E-state index contributed by atoms with van der Waals surface area (Å²) in [7, 11) is 1.63. The lowest BCUT2D eigenvalue weighted by Crippen LogP contribution is -2.30. The molecule has 32 heavy (non-hydrogen) atoms. The fourth-order valence-electron chi connectivity index (χ4n) is 3.01. The molecular weight excluding hydrogens is 404 g/mol. The molecule has 0 spiro atoms. The summed E-state index contributed by atoms with van der Waals surface area (Å²) in [6.07, 6.45) is 1.76. The van der Waals surface area contributed by atoms with E-state index in [1.165, 1.54) is 0 Å². The Morgan fingerprint density at radius 3 is 2.62 bits per heavy atom. The van der Waals surface area contributed by atoms with Crippen LogP contribution in [0.1, 0.15) is 25.1 Å². The van der Waals surface area contributed by atoms with Crippen LogP contribution in [0.4, 0.5) is 5.69 Å². The van der Waals surface area contributed by atoms with Gasteiger partial charge in [0.15, 0.2) is 17.5 Å². The average molecular weight is 435 g/mol. The number of ether oxygens (including phenoxy) is 3. The Labute approximate surface area is 189 Å². The third-order valence-electron chi connectivity index (χ3n) is 4.50. The van der Waals surface area contributed by atoms with E-state index in [2.05, 4.69) is 15.6 Å². The summed E-state index contributed by atoms with van der Waals surface area (Å²) in [6.45, 7) is 6.21. The highest BCUT2D eigenvalue weighted by Gasteiger charge is 2.07. The number of aromatic nitrogens is 1. The Bertz CT molecular complexity index is 1010. The van der Waals surface area contributed by atoms with Crippen LogP contribution in [-0.4, -0.2) is 31.2 Å². The Hall–Kier alpha value is -3.74. The van der Waals surface area contributed by atoms with Gasteiger partial charge in [0.1, 0.15) is 12.4 Å². The van der Waals surface area contributed by atoms with Crippen LogP contribution in [0.2, 0.25) is 0 Å². The van der Waals surface area contributed by atoms with Crippen LogP contribution in [0.15, 0.2) is 71.9 Å². The smallest absolute Gasteiger partial charge is 0.196 e. The van der Waals surface area contributed by atoms with Gasteiger partial charge in [0.25, 0.3) is 0 Å². The van der Waals surface area contributed by atoms with E-state index in [1.807, 2.05) is 74.5 Å². The quantitative estimate of drug-likeness (QED) is 0.357. The molecule has 0 aliphatic carbocycles. The van der Waals surface area contributed by atoms with Gasteiger partial charge >= 0.3 is 0 Å². The van der Waals surface area contributed by atoms with E-state index in [-0.39, 0.29) is 0 Å². The molecule has 1 aromatic heterocycles. The standard InChI is InChI=1S/C25H30N4O3/c1-4-26-25(29-20-12-13-23(30-3)24(16-20)31-5-2)28-17-19-9-8-11-22(15-19)32-18-21-10-6-7-14-27-21/h6-16H,4-5,17-18H2,1-3H3,(H2,26,28,29). The lowest BCUT2D eigenvalue weighted by atomic mass is 10.2. The van der Waals surface area contributed by atoms with Crippen LogP contribution in [-0.2, 0) is 13.2 Å². The third-order valence-corrected chi connectivity index (χ3v) is 4.50. The first kappa shape index (κ1) is 22.9. The SMILES string of the molecule is CCNC(=NCc1cccc(OCc2ccccn2)c1)Nc1ccc(OC)c(OCC)c1. The number of rotatable bonds is 10. The Morgan fingerprint density at radius 2 is 1.88 bits per heavy atom. The first-order valence-corrected chi connectivity index (χ1v) is 10.7. The maximum atomic E-state index is 5.87. The van der Waals surface area contributed by atoms with Crippen LogP contribution in [0.3, 0.4) is 0 Å². The molecule has 0 amide bonds. The van der Waals surface area contributed by atoms with Crippen LogP contribution in [0.25, 0.3) is 0 Å². The largest absolute Gasteiger partial charge is 0.493 e. The van der Waals surface area contributed by atoms with Gasteiger partial charge in [-0.25, -0.2) is 4.99 Å². The zero-order chi connectivity index (χ0) is 22.6. The van der Waals surface area contributed by atoms with Crippen molar-refractivity contribution in [3.05, 3.63) is 78.1 Å². The predicted octanol–water partition coefficient (Wildman–Crippen LogP) is 4.65. The van der Waals surface area contributed by atoms with Crippen molar-refractivity contribution in [2.45, 2.75) is 27.0 Å². The second kappa shape index (κ2) is 12.2. The number of nitrogens with zero attached hydrogens (tertiary/aromatic N) is 2. The number of nitrogens with one attached hydrogen (secondary N) is 2. The molecule has 0 aliphatic rings. The number of hydrogen-bond acceptors (Lipinski definition) is 5. The molecule has 7 heteroatoms. The lowest BCUT2D eigenvalue weighted by molar-refractivity contribution is 0.301. The van der Waals surface area contributed by atoms with E-state index in [0.717, 1.165) is 29.2 Å². The molecule has 3 rings (SSSR count). The van der Waals surface area contributed by atoms with Gasteiger partial charge in [-0.15, -0.1) is 0 Å². The zero-order valence-electron chi connectivity index (χ0n) is 18.8. The fourth-order valence-corrected chi connectivity index (χ4v) is 3.01. The van der Waals surface area contributed by atoms with Crippen molar-refractivity contribution in [3.63, 3.8) is 0 Å². The summed E-state index contributed by atoms with van der Waals surface area (Å²) in [5.74, 6) is 2.85. The highest BCUT2D eigenvalue weighted by Crippen LogP contribution is 2.30. The van der Waals surface area contributed by atoms with Gasteiger partial charge in [0.05, 0.1) is 26.0 Å². The van der Waals surface area contributed by atoms with Crippen molar-refractivity contribution in [2.75, 3.05) is 25.6 Å². The molecular formula is C25H30N4O3. The number of aliphatic imine (C=N–C) groups is 1. The summed E-state index contributed by atoms with van der Waals surface area (Å²) in [5, 5.41) is 6.60. The van der Waals surface area contributed by atoms with E-state index < -0.39 is 0 Å². The minimum atomic E-state index is 0.428. The van der Waals surface area contributed by atoms with E-state index in [9.17, 15) is 0 Å². The molecule has 1 heterocycles. The molecule has 0 aliphatic heterocycles. The van der Waals surface area contributed by atoms with Crippen molar-refractivity contribution in [3.8, 4) is 17.2 Å². The number of pyridine rings is 1. The highest BCUT2D eigenvalue weighted by molar-refractivity contribution is 5.93. The number of methoxy groups -OCH3 is 1. The van der Waals surface area contributed by atoms with E-state index in [4.69, 9.17) is 19.2 Å². The second-order valence-corrected chi connectivity index (χ2v) is 6.88. The first-order chi connectivity index (χ1) is 15.7. The molecule has 0 saturated heterocycles. The third kappa shape index (κ3) is 6.91. The Kier molecular flexibility index (Phi) is 8.74. The summed E-state index contributed by atoms with van der Waals surface area (Å²) in [6, 6.07) is 19.4. The monoisotopic (exact) mass is 434 g/mol. The van der Waals surface area contributed by atoms with Crippen molar-refractivity contribution < 1.29 is 14.2 Å². The van der Waals surface area contributed by atoms with E-state index in [1.54, 1.807) is 13.3 Å². The highest BCUT2D eigenvalue weighted by atomic mass is 16.5. The van der Waals surface area contributed by atoms with Crippen molar-refractivity contribution in [2.24, 2.45) is 4.99 Å². The molecule has 0 atom stereocenters. The summed E-state index contributed by atoms with van der Waals surface area (Å²) >= 11 is 0. The van der Waals surface area contributed by atoms with Crippen molar-refractivity contribution in [1.29, 1.82) is 0 Å². The number of hydrogen-bond donors (Lipinski definition) is 2. The summed E-state index contributed by atoms with van der Waals surface area (Å²) < 4.78 is 16.9. The van der Waals surface area contributed by atoms with Gasteiger partial charge in [0.2, 0.25) is 0 Å². The minimum absolute atomic E-state index is 0.428. The fraction of sp³-hybridized carbons (Fsp3) is 0.280. The second-order valence-electron chi connectivity index (χ2n) is 6.88. The first-order valence-electron chi connectivity index (χ1n) is 10.7. The van der Waals surface area contributed by atoms with Crippen LogP contribution < -0.4 is 24.8 Å². The Balaban J connectivity index is 1.66. The minimum Gasteiger partial charge on any atom is -0.493 e. The van der Waals surface area contributed by atoms with Gasteiger partial charge in [-0.05, 0) is 55.8 Å². The van der Waals surface area contributed by atoms with Gasteiger partial charge in [-0.2, -0.15) is 0 Å². The molecule has 2 aromatic carbocycles. The summed E-state index contributed by atoms with van der Waals surface area (Å²) in [4.78, 5) is 9.00. The van der Waals surface area contributed by atoms with E-state index >= 15 is 0 Å². The molecule has 3 aromatic rings. The van der Waals surface area contributed by atoms with Gasteiger partial charge in [-0.1, -0.05) is 18.2 Å². The van der Waals surface area contributed by atoms with Gasteiger partial charge in [0, 0.05) is 24.5 Å². The van der Waals surface area contributed by atoms with Crippen molar-refractivity contribution >= 4 is 11.6 Å². The lowest BCUT2D eigenvalue weighted by Gasteiger charge is -2.14. The van der Waals surface area contributed by atoms with Gasteiger partial charge in [-0.3, -0.25) is 4.98 Å². The topological polar surface area (TPSA) is 77.0 Å². The Morgan fingerprint density at radius 1 is 0.969 bits per heavy atom. The number of benzene rings is 2. The zero-order valence-corrected chi connectivity index (χ0v) is 18.8. The maximum Gasteiger partial charge on any atom is 0.196 e. The molecule has 168 valence electrons. The molecule has 7 nitrogen and oxygen atoms in total. The number of guanidine groups is 1. The van der Waals surface area contributed by atoms with Crippen LogP contribution in [0.5, 0.6) is 17.2 Å². The molecule has 2 N–H and O–H groups in total. The van der Waals surface area contributed by atoms with Crippen molar-refractivity contribution in [1.82, 2.24) is 10.3 Å². The normalized spacial score (nSPS) is 11.0. The molecule has 0 saturated carbocycles. The summed E-state index contributed by atoms with van der Waals surface area (Å²) in [5.41, 5.74) is 2.80. The predicted molar refractivity (Wildman–Crippen MR) is 128 cm³/mol. The molecule has 0 bridgehead atoms. The van der Waals surface area contributed by atoms with Crippen LogP contribution >= 0.6 is 0 Å². The van der Waals surface area contributed by atoms with Crippen LogP contribution in [0, 0.1) is 0 Å². The number of anilines is 1. The molecule has 0 radical (unpaired) electrons. The maximum absolute atomic E-state index is 5.87. The average Bonchev–Trinajstić information content (AvgIpc) is 2.83. The van der Waals surface area contributed by atoms with Gasteiger partial charge < -0.3 is 24.8 Å². The molecule has 0 unspecified atom stereocenters.